The van der Waals surface area contributed by atoms with Gasteiger partial charge in [0, 0.05) is 31.9 Å². The number of imidazole rings is 1. The molecule has 4 aliphatic rings. The predicted octanol–water partition coefficient (Wildman–Crippen LogP) is 3.48. The molecule has 3 aliphatic carbocycles. The lowest BCUT2D eigenvalue weighted by Crippen LogP contribution is -2.40. The Balaban J connectivity index is 1.19. The average Bonchev–Trinajstić information content (AvgIpc) is 3.18. The van der Waals surface area contributed by atoms with Gasteiger partial charge in [0.05, 0.1) is 0 Å². The summed E-state index contributed by atoms with van der Waals surface area (Å²) >= 11 is 0. The number of aromatic nitrogens is 2. The third kappa shape index (κ3) is 3.63. The van der Waals surface area contributed by atoms with Gasteiger partial charge in [-0.25, -0.2) is 4.98 Å². The Morgan fingerprint density at radius 3 is 2.94 bits per heavy atom. The van der Waals surface area contributed by atoms with Crippen molar-refractivity contribution in [1.29, 1.82) is 0 Å². The van der Waals surface area contributed by atoms with Crippen LogP contribution in [0, 0.1) is 29.1 Å². The molecule has 7 nitrogen and oxygen atoms in total. The van der Waals surface area contributed by atoms with Crippen LogP contribution in [0.15, 0.2) is 24.4 Å². The van der Waals surface area contributed by atoms with Crippen LogP contribution in [0.25, 0.3) is 5.65 Å². The van der Waals surface area contributed by atoms with Gasteiger partial charge in [-0.05, 0) is 79.7 Å². The van der Waals surface area contributed by atoms with E-state index in [1.165, 1.54) is 38.5 Å². The molecular weight excluding hydrogens is 426 g/mol. The molecule has 182 valence electrons. The number of nitrogens with zero attached hydrogens (tertiary/aromatic N) is 3. The highest BCUT2D eigenvalue weighted by atomic mass is 16.2. The summed E-state index contributed by atoms with van der Waals surface area (Å²) in [5.74, 6) is 3.41. The molecule has 0 radical (unpaired) electrons. The molecule has 2 amide bonds. The van der Waals surface area contributed by atoms with Gasteiger partial charge in [0.2, 0.25) is 0 Å². The predicted molar refractivity (Wildman–Crippen MR) is 130 cm³/mol. The first-order valence-corrected chi connectivity index (χ1v) is 13.3. The highest BCUT2D eigenvalue weighted by molar-refractivity contribution is 5.95. The van der Waals surface area contributed by atoms with E-state index in [1.807, 2.05) is 23.1 Å². The molecule has 3 heterocycles. The van der Waals surface area contributed by atoms with Crippen LogP contribution in [0.4, 0.5) is 0 Å². The summed E-state index contributed by atoms with van der Waals surface area (Å²) in [5, 5.41) is 3.29. The molecule has 2 aromatic heterocycles. The van der Waals surface area contributed by atoms with E-state index in [0.29, 0.717) is 30.1 Å². The van der Waals surface area contributed by atoms with E-state index in [1.54, 1.807) is 10.6 Å². The molecule has 1 aliphatic heterocycles. The zero-order valence-corrected chi connectivity index (χ0v) is 20.2. The van der Waals surface area contributed by atoms with Crippen molar-refractivity contribution in [2.45, 2.75) is 64.3 Å². The second kappa shape index (κ2) is 8.36. The Morgan fingerprint density at radius 1 is 1.24 bits per heavy atom. The van der Waals surface area contributed by atoms with Crippen LogP contribution in [0.2, 0.25) is 0 Å². The average molecular weight is 464 g/mol. The Hall–Kier alpha value is -2.41. The summed E-state index contributed by atoms with van der Waals surface area (Å²) in [7, 11) is 0. The quantitative estimate of drug-likeness (QED) is 0.658. The van der Waals surface area contributed by atoms with Gasteiger partial charge in [0.1, 0.15) is 17.0 Å². The summed E-state index contributed by atoms with van der Waals surface area (Å²) in [6.07, 6.45) is 11.5. The Labute approximate surface area is 201 Å². The topological polar surface area (TPSA) is 92.7 Å². The maximum absolute atomic E-state index is 13.3. The molecule has 34 heavy (non-hydrogen) atoms. The highest BCUT2D eigenvalue weighted by Crippen LogP contribution is 2.67. The minimum Gasteiger partial charge on any atom is -0.350 e. The second-order valence-corrected chi connectivity index (χ2v) is 11.5. The van der Waals surface area contributed by atoms with Crippen LogP contribution in [-0.2, 0) is 0 Å². The number of hydrogen-bond donors (Lipinski definition) is 2. The van der Waals surface area contributed by atoms with E-state index in [4.69, 9.17) is 5.73 Å². The van der Waals surface area contributed by atoms with Gasteiger partial charge < -0.3 is 16.0 Å². The van der Waals surface area contributed by atoms with Crippen molar-refractivity contribution < 1.29 is 9.59 Å². The van der Waals surface area contributed by atoms with Crippen molar-refractivity contribution in [3.8, 4) is 0 Å². The maximum Gasteiger partial charge on any atom is 0.274 e. The molecule has 2 aromatic rings. The number of carbonyl (C=O) groups excluding carboxylic acids is 2. The standard InChI is InChI=1S/C27H37N5O2/c1-2-5-17-11-27(12-18-10-20(18)21(17)13-27)16-29-25(33)23-7-3-8-24-30-22(15-32(23)24)26(34)31-9-4-6-19(31)14-28/h3,7-8,15,17-21H,2,4-6,9-14,16,28H2,1H3,(H,29,33)/t17?,18?,19-,20?,21?,27?/m0/s1. The molecule has 3 N–H and O–H groups in total. The number of amides is 2. The lowest BCUT2D eigenvalue weighted by atomic mass is 9.75. The fourth-order valence-electron chi connectivity index (χ4n) is 7.77. The zero-order chi connectivity index (χ0) is 23.4. The largest absolute Gasteiger partial charge is 0.350 e. The summed E-state index contributed by atoms with van der Waals surface area (Å²) in [4.78, 5) is 32.8. The van der Waals surface area contributed by atoms with Crippen molar-refractivity contribution in [2.75, 3.05) is 19.6 Å². The fourth-order valence-corrected chi connectivity index (χ4v) is 7.77. The number of likely N-dealkylation sites (tertiary alicyclic amines) is 1. The second-order valence-electron chi connectivity index (χ2n) is 11.5. The molecule has 2 bridgehead atoms. The summed E-state index contributed by atoms with van der Waals surface area (Å²) < 4.78 is 1.77. The van der Waals surface area contributed by atoms with Gasteiger partial charge in [-0.1, -0.05) is 25.8 Å². The summed E-state index contributed by atoms with van der Waals surface area (Å²) in [5.41, 5.74) is 7.68. The first kappa shape index (κ1) is 22.1. The Kier molecular flexibility index (Phi) is 5.43. The lowest BCUT2D eigenvalue weighted by Gasteiger charge is -2.33. The molecule has 0 aromatic carbocycles. The normalized spacial score (nSPS) is 33.8. The van der Waals surface area contributed by atoms with Crippen molar-refractivity contribution in [3.05, 3.63) is 35.8 Å². The van der Waals surface area contributed by atoms with Crippen LogP contribution < -0.4 is 11.1 Å². The number of nitrogens with two attached hydrogens (primary N) is 1. The van der Waals surface area contributed by atoms with Gasteiger partial charge in [0.25, 0.3) is 11.8 Å². The molecule has 6 rings (SSSR count). The van der Waals surface area contributed by atoms with E-state index in [-0.39, 0.29) is 23.3 Å². The lowest BCUT2D eigenvalue weighted by molar-refractivity contribution is 0.0735. The van der Waals surface area contributed by atoms with Crippen LogP contribution in [0.5, 0.6) is 0 Å². The molecule has 1 saturated heterocycles. The SMILES string of the molecule is CCCC1CC2(CNC(=O)c3cccc4nc(C(=O)N5CCC[C@H]5CN)cn34)CC3CC3C1C2. The third-order valence-corrected chi connectivity index (χ3v) is 9.33. The first-order chi connectivity index (χ1) is 16.5. The number of fused-ring (bicyclic) bond motifs is 5. The molecule has 7 heteroatoms. The smallest absolute Gasteiger partial charge is 0.274 e. The molecule has 3 saturated carbocycles. The van der Waals surface area contributed by atoms with E-state index in [0.717, 1.165) is 43.1 Å². The van der Waals surface area contributed by atoms with E-state index < -0.39 is 0 Å². The van der Waals surface area contributed by atoms with Gasteiger partial charge in [-0.15, -0.1) is 0 Å². The van der Waals surface area contributed by atoms with E-state index in [2.05, 4.69) is 17.2 Å². The summed E-state index contributed by atoms with van der Waals surface area (Å²) in [6, 6.07) is 5.60. The van der Waals surface area contributed by atoms with Gasteiger partial charge in [-0.2, -0.15) is 0 Å². The van der Waals surface area contributed by atoms with Crippen LogP contribution in [0.1, 0.15) is 79.3 Å². The Bertz CT molecular complexity index is 1110. The van der Waals surface area contributed by atoms with Crippen molar-refractivity contribution >= 4 is 17.5 Å². The number of hydrogen-bond acceptors (Lipinski definition) is 4. The maximum atomic E-state index is 13.3. The van der Waals surface area contributed by atoms with Crippen LogP contribution in [-0.4, -0.2) is 51.8 Å². The van der Waals surface area contributed by atoms with Gasteiger partial charge in [-0.3, -0.25) is 14.0 Å². The van der Waals surface area contributed by atoms with Crippen LogP contribution in [0.3, 0.4) is 0 Å². The number of nitrogens with one attached hydrogen (secondary N) is 1. The molecular formula is C27H37N5O2. The van der Waals surface area contributed by atoms with Crippen molar-refractivity contribution in [2.24, 2.45) is 34.8 Å². The zero-order valence-electron chi connectivity index (χ0n) is 20.2. The fraction of sp³-hybridized carbons (Fsp3) is 0.667. The third-order valence-electron chi connectivity index (χ3n) is 9.33. The minimum absolute atomic E-state index is 0.0765. The molecule has 5 unspecified atom stereocenters. The van der Waals surface area contributed by atoms with E-state index >= 15 is 0 Å². The Morgan fingerprint density at radius 2 is 2.12 bits per heavy atom. The van der Waals surface area contributed by atoms with Crippen molar-refractivity contribution in [3.63, 3.8) is 0 Å². The number of carbonyl (C=O) groups is 2. The number of rotatable bonds is 7. The molecule has 4 fully saturated rings. The van der Waals surface area contributed by atoms with Gasteiger partial charge >= 0.3 is 0 Å². The first-order valence-electron chi connectivity index (χ1n) is 13.3. The monoisotopic (exact) mass is 463 g/mol. The van der Waals surface area contributed by atoms with E-state index in [9.17, 15) is 9.59 Å². The van der Waals surface area contributed by atoms with Gasteiger partial charge in [0.15, 0.2) is 0 Å². The van der Waals surface area contributed by atoms with Crippen molar-refractivity contribution in [1.82, 2.24) is 19.6 Å². The highest BCUT2D eigenvalue weighted by Gasteiger charge is 2.60. The molecule has 0 spiro atoms. The molecule has 6 atom stereocenters. The van der Waals surface area contributed by atoms with Crippen LogP contribution >= 0.6 is 0 Å². The number of pyridine rings is 1. The minimum atomic E-state index is -0.0953. The summed E-state index contributed by atoms with van der Waals surface area (Å²) in [6.45, 7) is 4.24.